The maximum absolute atomic E-state index is 13.1. The lowest BCUT2D eigenvalue weighted by Crippen LogP contribution is -2.43. The maximum Gasteiger partial charge on any atom is 0.287 e. The first-order valence-corrected chi connectivity index (χ1v) is 10.3. The summed E-state index contributed by atoms with van der Waals surface area (Å²) in [6.07, 6.45) is 2.48. The molecule has 1 aromatic heterocycles. The van der Waals surface area contributed by atoms with Crippen LogP contribution in [0.3, 0.4) is 0 Å². The number of benzene rings is 1. The third kappa shape index (κ3) is 5.47. The molecule has 1 aromatic carbocycles. The van der Waals surface area contributed by atoms with Crippen LogP contribution in [0.4, 0.5) is 5.69 Å². The number of piperidine rings is 1. The number of likely N-dealkylation sites (tertiary alicyclic amines) is 1. The largest absolute Gasteiger partial charge is 0.459 e. The van der Waals surface area contributed by atoms with Crippen molar-refractivity contribution in [3.05, 3.63) is 52.4 Å². The van der Waals surface area contributed by atoms with Gasteiger partial charge in [-0.25, -0.2) is 0 Å². The van der Waals surface area contributed by atoms with Gasteiger partial charge in [-0.2, -0.15) is 0 Å². The van der Waals surface area contributed by atoms with Crippen LogP contribution in [0.25, 0.3) is 0 Å². The van der Waals surface area contributed by atoms with Crippen molar-refractivity contribution in [1.82, 2.24) is 10.2 Å². The highest BCUT2D eigenvalue weighted by atomic mass is 79.9. The topological polar surface area (TPSA) is 91.7 Å². The molecule has 8 heteroatoms. The molecule has 0 bridgehead atoms. The first-order valence-electron chi connectivity index (χ1n) is 9.54. The molecule has 1 aliphatic heterocycles. The van der Waals surface area contributed by atoms with E-state index in [1.165, 1.54) is 12.3 Å². The lowest BCUT2D eigenvalue weighted by molar-refractivity contribution is -0.115. The number of rotatable bonds is 5. The number of hydrogen-bond acceptors (Lipinski definition) is 4. The minimum Gasteiger partial charge on any atom is -0.459 e. The Morgan fingerprint density at radius 3 is 2.55 bits per heavy atom. The second kappa shape index (κ2) is 9.26. The van der Waals surface area contributed by atoms with Gasteiger partial charge >= 0.3 is 0 Å². The summed E-state index contributed by atoms with van der Waals surface area (Å²) < 4.78 is 5.75. The molecular formula is C21H24BrN3O4. The van der Waals surface area contributed by atoms with Gasteiger partial charge in [0.25, 0.3) is 11.8 Å². The van der Waals surface area contributed by atoms with Crippen molar-refractivity contribution >= 4 is 39.3 Å². The number of nitrogens with zero attached hydrogens (tertiary/aromatic N) is 1. The van der Waals surface area contributed by atoms with Crippen LogP contribution in [0.1, 0.15) is 41.2 Å². The van der Waals surface area contributed by atoms with Crippen LogP contribution in [0.15, 0.2) is 45.5 Å². The molecule has 0 aliphatic carbocycles. The number of nitrogens with one attached hydrogen (secondary N) is 2. The second-order valence-electron chi connectivity index (χ2n) is 7.55. The number of halogens is 1. The highest BCUT2D eigenvalue weighted by Crippen LogP contribution is 2.27. The molecule has 0 unspecified atom stereocenters. The standard InChI is InChI=1S/C21H24BrN3O4/c1-13-8-14(2)12-25(11-13)21(28)16-9-15(22)5-6-17(16)24-19(26)10-23-20(27)18-4-3-7-29-18/h3-7,9,13-14H,8,10-12H2,1-2H3,(H,23,27)(H,24,26)/t13-,14+. The summed E-state index contributed by atoms with van der Waals surface area (Å²) >= 11 is 3.40. The third-order valence-corrected chi connectivity index (χ3v) is 5.29. The predicted molar refractivity (Wildman–Crippen MR) is 113 cm³/mol. The molecule has 29 heavy (non-hydrogen) atoms. The van der Waals surface area contributed by atoms with Crippen LogP contribution in [-0.4, -0.2) is 42.3 Å². The van der Waals surface area contributed by atoms with E-state index in [1.54, 1.807) is 24.3 Å². The van der Waals surface area contributed by atoms with Crippen molar-refractivity contribution in [2.75, 3.05) is 25.0 Å². The van der Waals surface area contributed by atoms with Gasteiger partial charge in [-0.1, -0.05) is 29.8 Å². The molecule has 2 atom stereocenters. The Balaban J connectivity index is 1.68. The number of furan rings is 1. The smallest absolute Gasteiger partial charge is 0.287 e. The molecule has 1 saturated heterocycles. The van der Waals surface area contributed by atoms with E-state index in [4.69, 9.17) is 4.42 Å². The lowest BCUT2D eigenvalue weighted by Gasteiger charge is -2.35. The molecule has 0 spiro atoms. The molecule has 0 saturated carbocycles. The van der Waals surface area contributed by atoms with Gasteiger partial charge in [0.05, 0.1) is 24.1 Å². The first-order chi connectivity index (χ1) is 13.8. The minimum atomic E-state index is -0.478. The summed E-state index contributed by atoms with van der Waals surface area (Å²) in [5, 5.41) is 5.22. The zero-order valence-corrected chi connectivity index (χ0v) is 18.0. The number of hydrogen-bond donors (Lipinski definition) is 2. The van der Waals surface area contributed by atoms with Crippen LogP contribution in [0.2, 0.25) is 0 Å². The van der Waals surface area contributed by atoms with Crippen LogP contribution in [0, 0.1) is 11.8 Å². The van der Waals surface area contributed by atoms with Crippen LogP contribution in [-0.2, 0) is 4.79 Å². The van der Waals surface area contributed by atoms with E-state index in [0.717, 1.165) is 10.9 Å². The Morgan fingerprint density at radius 1 is 1.17 bits per heavy atom. The molecule has 1 aliphatic rings. The predicted octanol–water partition coefficient (Wildman–Crippen LogP) is 3.53. The molecule has 2 N–H and O–H groups in total. The van der Waals surface area contributed by atoms with Crippen molar-refractivity contribution in [3.63, 3.8) is 0 Å². The minimum absolute atomic E-state index is 0.111. The van der Waals surface area contributed by atoms with Gasteiger partial charge in [0, 0.05) is 17.6 Å². The van der Waals surface area contributed by atoms with Crippen molar-refractivity contribution in [3.8, 4) is 0 Å². The Hall–Kier alpha value is -2.61. The third-order valence-electron chi connectivity index (χ3n) is 4.80. The zero-order chi connectivity index (χ0) is 21.0. The van der Waals surface area contributed by atoms with Crippen LogP contribution in [0.5, 0.6) is 0 Å². The van der Waals surface area contributed by atoms with Crippen molar-refractivity contribution in [2.24, 2.45) is 11.8 Å². The first kappa shape index (κ1) is 21.1. The SMILES string of the molecule is C[C@@H]1C[C@H](C)CN(C(=O)c2cc(Br)ccc2NC(=O)CNC(=O)c2ccco2)C1. The fourth-order valence-electron chi connectivity index (χ4n) is 3.65. The second-order valence-corrected chi connectivity index (χ2v) is 8.47. The Bertz CT molecular complexity index is 887. The summed E-state index contributed by atoms with van der Waals surface area (Å²) in [6, 6.07) is 8.26. The highest BCUT2D eigenvalue weighted by molar-refractivity contribution is 9.10. The van der Waals surface area contributed by atoms with Gasteiger partial charge < -0.3 is 20.0 Å². The summed E-state index contributed by atoms with van der Waals surface area (Å²) in [5.41, 5.74) is 0.840. The molecule has 3 rings (SSSR count). The zero-order valence-electron chi connectivity index (χ0n) is 16.4. The number of carbonyl (C=O) groups excluding carboxylic acids is 3. The van der Waals surface area contributed by atoms with Gasteiger partial charge in [0.1, 0.15) is 0 Å². The summed E-state index contributed by atoms with van der Waals surface area (Å²) in [7, 11) is 0. The molecule has 0 radical (unpaired) electrons. The van der Waals surface area contributed by atoms with E-state index in [-0.39, 0.29) is 18.2 Å². The van der Waals surface area contributed by atoms with Gasteiger partial charge in [-0.15, -0.1) is 0 Å². The van der Waals surface area contributed by atoms with Gasteiger partial charge in [0.2, 0.25) is 5.91 Å². The number of anilines is 1. The summed E-state index contributed by atoms with van der Waals surface area (Å²) in [4.78, 5) is 39.2. The molecule has 2 aromatic rings. The molecule has 7 nitrogen and oxygen atoms in total. The average Bonchev–Trinajstić information content (AvgIpc) is 3.21. The molecule has 3 amide bonds. The molecule has 2 heterocycles. The van der Waals surface area contributed by atoms with Gasteiger partial charge in [0.15, 0.2) is 5.76 Å². The molecule has 1 fully saturated rings. The Morgan fingerprint density at radius 2 is 1.90 bits per heavy atom. The van der Waals surface area contributed by atoms with E-state index < -0.39 is 11.8 Å². The quantitative estimate of drug-likeness (QED) is 0.712. The molecule has 154 valence electrons. The van der Waals surface area contributed by atoms with Crippen molar-refractivity contribution in [1.29, 1.82) is 0 Å². The van der Waals surface area contributed by atoms with Gasteiger partial charge in [-0.05, 0) is 48.6 Å². The van der Waals surface area contributed by atoms with E-state index in [2.05, 4.69) is 40.4 Å². The van der Waals surface area contributed by atoms with E-state index in [1.807, 2.05) is 4.90 Å². The Kier molecular flexibility index (Phi) is 6.74. The summed E-state index contributed by atoms with van der Waals surface area (Å²) in [5.74, 6) is -0.0186. The van der Waals surface area contributed by atoms with Crippen LogP contribution < -0.4 is 10.6 Å². The van der Waals surface area contributed by atoms with E-state index in [0.29, 0.717) is 36.2 Å². The number of carbonyl (C=O) groups is 3. The average molecular weight is 462 g/mol. The normalized spacial score (nSPS) is 18.9. The monoisotopic (exact) mass is 461 g/mol. The fourth-order valence-corrected chi connectivity index (χ4v) is 4.01. The fraction of sp³-hybridized carbons (Fsp3) is 0.381. The molecular weight excluding hydrogens is 438 g/mol. The van der Waals surface area contributed by atoms with Crippen molar-refractivity contribution < 1.29 is 18.8 Å². The van der Waals surface area contributed by atoms with Crippen LogP contribution >= 0.6 is 15.9 Å². The van der Waals surface area contributed by atoms with E-state index in [9.17, 15) is 14.4 Å². The van der Waals surface area contributed by atoms with Crippen molar-refractivity contribution in [2.45, 2.75) is 20.3 Å². The lowest BCUT2D eigenvalue weighted by atomic mass is 9.91. The van der Waals surface area contributed by atoms with Gasteiger partial charge in [-0.3, -0.25) is 14.4 Å². The Labute approximate surface area is 178 Å². The number of amides is 3. The highest BCUT2D eigenvalue weighted by Gasteiger charge is 2.28. The van der Waals surface area contributed by atoms with E-state index >= 15 is 0 Å². The maximum atomic E-state index is 13.1. The summed E-state index contributed by atoms with van der Waals surface area (Å²) in [6.45, 7) is 5.44.